The summed E-state index contributed by atoms with van der Waals surface area (Å²) in [7, 11) is 0. The number of aromatic nitrogens is 2. The number of fused-ring (bicyclic) bond motifs is 1. The first-order chi connectivity index (χ1) is 21.4. The first-order valence-corrected chi connectivity index (χ1v) is 16.0. The molecule has 234 valence electrons. The summed E-state index contributed by atoms with van der Waals surface area (Å²) in [5.74, 6) is -0.794. The number of piperidine rings is 1. The third-order valence-electron chi connectivity index (χ3n) is 8.33. The van der Waals surface area contributed by atoms with Gasteiger partial charge in [0.15, 0.2) is 0 Å². The van der Waals surface area contributed by atoms with Crippen molar-refractivity contribution in [1.82, 2.24) is 20.0 Å². The van der Waals surface area contributed by atoms with E-state index >= 15 is 0 Å². The first-order valence-electron chi connectivity index (χ1n) is 15.2. The van der Waals surface area contributed by atoms with E-state index in [0.29, 0.717) is 35.6 Å². The van der Waals surface area contributed by atoms with Crippen molar-refractivity contribution in [3.05, 3.63) is 64.9 Å². The average Bonchev–Trinajstić information content (AvgIpc) is 3.59. The number of hydrogen-bond acceptors (Lipinski definition) is 7. The zero-order chi connectivity index (χ0) is 31.9. The van der Waals surface area contributed by atoms with Crippen LogP contribution >= 0.6 is 11.3 Å². The van der Waals surface area contributed by atoms with Crippen molar-refractivity contribution in [3.63, 3.8) is 0 Å². The van der Waals surface area contributed by atoms with E-state index in [2.05, 4.69) is 10.4 Å². The van der Waals surface area contributed by atoms with Crippen LogP contribution in [0.4, 0.5) is 9.18 Å². The molecule has 0 radical (unpaired) electrons. The van der Waals surface area contributed by atoms with Gasteiger partial charge in [0.1, 0.15) is 17.5 Å². The summed E-state index contributed by atoms with van der Waals surface area (Å²) in [5, 5.41) is 28.3. The van der Waals surface area contributed by atoms with Crippen LogP contribution in [0.25, 0.3) is 32.5 Å². The molecule has 1 aliphatic carbocycles. The quantitative estimate of drug-likeness (QED) is 0.252. The van der Waals surface area contributed by atoms with Crippen LogP contribution in [-0.2, 0) is 11.3 Å². The average molecular weight is 630 g/mol. The van der Waals surface area contributed by atoms with Crippen molar-refractivity contribution < 1.29 is 23.8 Å². The number of alkyl carbamates (subject to hydrolysis) is 1. The van der Waals surface area contributed by atoms with Crippen molar-refractivity contribution in [3.8, 4) is 27.6 Å². The number of rotatable bonds is 6. The molecular weight excluding hydrogens is 593 g/mol. The fourth-order valence-electron chi connectivity index (χ4n) is 5.95. The molecule has 1 saturated carbocycles. The fourth-order valence-corrected chi connectivity index (χ4v) is 7.10. The van der Waals surface area contributed by atoms with Gasteiger partial charge >= 0.3 is 6.09 Å². The monoisotopic (exact) mass is 629 g/mol. The maximum Gasteiger partial charge on any atom is 0.407 e. The van der Waals surface area contributed by atoms with Crippen LogP contribution in [0.5, 0.6) is 0 Å². The molecule has 1 aliphatic heterocycles. The second kappa shape index (κ2) is 11.9. The Labute approximate surface area is 265 Å². The highest BCUT2D eigenvalue weighted by Gasteiger charge is 2.35. The largest absolute Gasteiger partial charge is 0.444 e. The molecule has 4 aromatic rings. The molecule has 3 heterocycles. The van der Waals surface area contributed by atoms with Gasteiger partial charge in [0.05, 0.1) is 28.1 Å². The summed E-state index contributed by atoms with van der Waals surface area (Å²) in [6.07, 6.45) is 5.41. The van der Waals surface area contributed by atoms with Crippen molar-refractivity contribution in [2.75, 3.05) is 13.1 Å². The fraction of sp³-hybridized carbons (Fsp3) is 0.412. The number of carbonyl (C=O) groups excluding carboxylic acids is 2. The van der Waals surface area contributed by atoms with Gasteiger partial charge in [-0.25, -0.2) is 9.18 Å². The van der Waals surface area contributed by atoms with Gasteiger partial charge in [-0.3, -0.25) is 9.48 Å². The number of nitrogens with zero attached hydrogens (tertiary/aromatic N) is 4. The van der Waals surface area contributed by atoms with Crippen LogP contribution in [0.2, 0.25) is 0 Å². The van der Waals surface area contributed by atoms with Crippen molar-refractivity contribution in [2.45, 2.75) is 76.7 Å². The summed E-state index contributed by atoms with van der Waals surface area (Å²) >= 11 is 1.33. The number of hydrogen-bond donors (Lipinski definition) is 2. The number of amides is 2. The molecule has 9 nitrogen and oxygen atoms in total. The maximum absolute atomic E-state index is 14.8. The van der Waals surface area contributed by atoms with E-state index in [1.54, 1.807) is 42.5 Å². The van der Waals surface area contributed by atoms with Gasteiger partial charge < -0.3 is 20.1 Å². The Balaban J connectivity index is 1.31. The number of benzene rings is 2. The Morgan fingerprint density at radius 1 is 1.18 bits per heavy atom. The summed E-state index contributed by atoms with van der Waals surface area (Å²) in [5.41, 5.74) is 1.49. The standard InChI is InChI=1S/C34H36FN5O4S/c1-33(2,3)44-32(42)37-25-6-4-13-39(19-25)31(41)29-16-26(21-7-8-23(17-36)27(35)15-21)30(45-29)22-9-10-28-24(14-22)18-40(38-28)20-34(43)11-5-12-34/h7-10,14-16,18,25,43H,4-6,11-13,19-20H2,1-3H3,(H,37,42)/t25-/m1/s1. The van der Waals surface area contributed by atoms with Gasteiger partial charge in [-0.15, -0.1) is 11.3 Å². The minimum Gasteiger partial charge on any atom is -0.444 e. The Bertz CT molecular complexity index is 1810. The second-order valence-electron chi connectivity index (χ2n) is 13.1. The predicted octanol–water partition coefficient (Wildman–Crippen LogP) is 6.49. The van der Waals surface area contributed by atoms with E-state index in [9.17, 15) is 24.3 Å². The topological polar surface area (TPSA) is 120 Å². The number of nitrogens with one attached hydrogen (secondary N) is 1. The summed E-state index contributed by atoms with van der Waals surface area (Å²) in [6, 6.07) is 13.7. The molecule has 2 N–H and O–H groups in total. The summed E-state index contributed by atoms with van der Waals surface area (Å²) in [4.78, 5) is 29.3. The normalized spacial score (nSPS) is 17.9. The highest BCUT2D eigenvalue weighted by atomic mass is 32.1. The number of aliphatic hydroxyl groups is 1. The van der Waals surface area contributed by atoms with Crippen LogP contribution in [0.1, 0.15) is 68.1 Å². The van der Waals surface area contributed by atoms with E-state index in [4.69, 9.17) is 4.74 Å². The molecule has 0 bridgehead atoms. The predicted molar refractivity (Wildman–Crippen MR) is 170 cm³/mol. The lowest BCUT2D eigenvalue weighted by molar-refractivity contribution is -0.0496. The van der Waals surface area contributed by atoms with Crippen LogP contribution in [0.3, 0.4) is 0 Å². The third-order valence-corrected chi connectivity index (χ3v) is 9.50. The molecular formula is C34H36FN5O4S. The van der Waals surface area contributed by atoms with Crippen LogP contribution in [0.15, 0.2) is 48.7 Å². The lowest BCUT2D eigenvalue weighted by Crippen LogP contribution is -2.50. The molecule has 45 heavy (non-hydrogen) atoms. The first kappa shape index (κ1) is 30.7. The van der Waals surface area contributed by atoms with Crippen LogP contribution < -0.4 is 5.32 Å². The van der Waals surface area contributed by atoms with Gasteiger partial charge in [0.25, 0.3) is 5.91 Å². The lowest BCUT2D eigenvalue weighted by Gasteiger charge is -2.36. The van der Waals surface area contributed by atoms with Crippen LogP contribution in [0, 0.1) is 17.1 Å². The highest BCUT2D eigenvalue weighted by molar-refractivity contribution is 7.18. The number of likely N-dealkylation sites (tertiary alicyclic amines) is 1. The number of thiophene rings is 1. The van der Waals surface area contributed by atoms with Gasteiger partial charge in [0, 0.05) is 41.2 Å². The third kappa shape index (κ3) is 6.72. The molecule has 2 aromatic heterocycles. The van der Waals surface area contributed by atoms with Crippen LogP contribution in [-0.4, -0.2) is 62.1 Å². The molecule has 6 rings (SSSR count). The second-order valence-corrected chi connectivity index (χ2v) is 14.1. The van der Waals surface area contributed by atoms with Gasteiger partial charge in [-0.1, -0.05) is 12.1 Å². The molecule has 11 heteroatoms. The van der Waals surface area contributed by atoms with E-state index in [0.717, 1.165) is 53.4 Å². The summed E-state index contributed by atoms with van der Waals surface area (Å²) in [6.45, 7) is 6.75. The van der Waals surface area contributed by atoms with Crippen molar-refractivity contribution in [2.24, 2.45) is 0 Å². The number of nitriles is 1. The van der Waals surface area contributed by atoms with E-state index in [1.807, 2.05) is 30.5 Å². The zero-order valence-corrected chi connectivity index (χ0v) is 26.4. The summed E-state index contributed by atoms with van der Waals surface area (Å²) < 4.78 is 22.0. The molecule has 0 spiro atoms. The SMILES string of the molecule is CC(C)(C)OC(=O)N[C@@H]1CCCN(C(=O)c2cc(-c3ccc(C#N)c(F)c3)c(-c3ccc4nn(CC5(O)CCC5)cc4c3)s2)C1. The Morgan fingerprint density at radius 3 is 2.64 bits per heavy atom. The lowest BCUT2D eigenvalue weighted by atomic mass is 9.80. The van der Waals surface area contributed by atoms with E-state index < -0.39 is 23.1 Å². The highest BCUT2D eigenvalue weighted by Crippen LogP contribution is 2.41. The maximum atomic E-state index is 14.8. The Morgan fingerprint density at radius 2 is 1.96 bits per heavy atom. The van der Waals surface area contributed by atoms with Gasteiger partial charge in [-0.05, 0) is 94.3 Å². The Hall–Kier alpha value is -4.27. The minimum atomic E-state index is -0.712. The number of halogens is 1. The minimum absolute atomic E-state index is 0.0503. The zero-order valence-electron chi connectivity index (χ0n) is 25.6. The molecule has 2 amide bonds. The van der Waals surface area contributed by atoms with Gasteiger partial charge in [0.2, 0.25) is 0 Å². The molecule has 2 fully saturated rings. The van der Waals surface area contributed by atoms with E-state index in [1.165, 1.54) is 23.5 Å². The molecule has 0 unspecified atom stereocenters. The molecule has 1 saturated heterocycles. The number of carbonyl (C=O) groups is 2. The molecule has 2 aromatic carbocycles. The van der Waals surface area contributed by atoms with Crippen molar-refractivity contribution >= 4 is 34.2 Å². The number of ether oxygens (including phenoxy) is 1. The molecule has 2 aliphatic rings. The van der Waals surface area contributed by atoms with E-state index in [-0.39, 0.29) is 17.5 Å². The smallest absolute Gasteiger partial charge is 0.407 e. The van der Waals surface area contributed by atoms with Crippen molar-refractivity contribution in [1.29, 1.82) is 5.26 Å². The Kier molecular flexibility index (Phi) is 8.14. The van der Waals surface area contributed by atoms with Gasteiger partial charge in [-0.2, -0.15) is 10.4 Å². The molecule has 1 atom stereocenters.